The lowest BCUT2D eigenvalue weighted by atomic mass is 9.70. The molecule has 82 valence electrons. The number of benzene rings is 1. The molecule has 0 saturated heterocycles. The molecule has 1 N–H and O–H groups in total. The van der Waals surface area contributed by atoms with E-state index in [9.17, 15) is 0 Å². The van der Waals surface area contributed by atoms with Gasteiger partial charge in [0.1, 0.15) is 0 Å². The van der Waals surface area contributed by atoms with Gasteiger partial charge in [-0.25, -0.2) is 0 Å². The fourth-order valence-corrected chi connectivity index (χ4v) is 2.48. The standard InChI is InChI=1S/C14H21N/c1-3-15-10-13-7-8-14(13)12-6-4-5-11(2)9-12/h4-6,9,13-15H,3,7-8,10H2,1-2H3. The predicted molar refractivity (Wildman–Crippen MR) is 65.2 cm³/mol. The molecule has 0 aromatic heterocycles. The van der Waals surface area contributed by atoms with Crippen LogP contribution in [-0.4, -0.2) is 13.1 Å². The number of hydrogen-bond donors (Lipinski definition) is 1. The van der Waals surface area contributed by atoms with E-state index >= 15 is 0 Å². The van der Waals surface area contributed by atoms with Crippen molar-refractivity contribution in [1.29, 1.82) is 0 Å². The summed E-state index contributed by atoms with van der Waals surface area (Å²) in [5.41, 5.74) is 2.94. The van der Waals surface area contributed by atoms with Crippen LogP contribution in [0.15, 0.2) is 24.3 Å². The van der Waals surface area contributed by atoms with Crippen LogP contribution < -0.4 is 5.32 Å². The molecule has 1 heteroatoms. The first kappa shape index (κ1) is 10.7. The fraction of sp³-hybridized carbons (Fsp3) is 0.571. The second-order valence-corrected chi connectivity index (χ2v) is 4.67. The molecule has 0 aliphatic heterocycles. The molecule has 2 unspecified atom stereocenters. The highest BCUT2D eigenvalue weighted by Crippen LogP contribution is 2.42. The quantitative estimate of drug-likeness (QED) is 0.793. The van der Waals surface area contributed by atoms with Gasteiger partial charge in [0.15, 0.2) is 0 Å². The molecule has 1 nitrogen and oxygen atoms in total. The van der Waals surface area contributed by atoms with E-state index in [1.54, 1.807) is 5.56 Å². The smallest absolute Gasteiger partial charge is 0.00148 e. The molecule has 15 heavy (non-hydrogen) atoms. The van der Waals surface area contributed by atoms with Gasteiger partial charge in [0.05, 0.1) is 0 Å². The number of aryl methyl sites for hydroxylation is 1. The van der Waals surface area contributed by atoms with Crippen molar-refractivity contribution < 1.29 is 0 Å². The van der Waals surface area contributed by atoms with Crippen LogP contribution in [0.3, 0.4) is 0 Å². The van der Waals surface area contributed by atoms with Crippen molar-refractivity contribution in [3.63, 3.8) is 0 Å². The number of hydrogen-bond acceptors (Lipinski definition) is 1. The van der Waals surface area contributed by atoms with E-state index in [1.165, 1.54) is 24.9 Å². The third kappa shape index (κ3) is 2.40. The Labute approximate surface area is 92.9 Å². The first-order chi connectivity index (χ1) is 7.31. The number of rotatable bonds is 4. The molecule has 0 spiro atoms. The molecule has 1 aliphatic rings. The van der Waals surface area contributed by atoms with Gasteiger partial charge in [0.25, 0.3) is 0 Å². The highest BCUT2D eigenvalue weighted by Gasteiger charge is 2.31. The molecule has 1 saturated carbocycles. The van der Waals surface area contributed by atoms with E-state index in [4.69, 9.17) is 0 Å². The topological polar surface area (TPSA) is 12.0 Å². The van der Waals surface area contributed by atoms with Crippen molar-refractivity contribution in [3.8, 4) is 0 Å². The van der Waals surface area contributed by atoms with Crippen LogP contribution in [0.25, 0.3) is 0 Å². The van der Waals surface area contributed by atoms with Crippen molar-refractivity contribution in [2.75, 3.05) is 13.1 Å². The van der Waals surface area contributed by atoms with E-state index in [0.29, 0.717) is 0 Å². The summed E-state index contributed by atoms with van der Waals surface area (Å²) in [6.07, 6.45) is 2.77. The minimum Gasteiger partial charge on any atom is -0.317 e. The first-order valence-electron chi connectivity index (χ1n) is 6.08. The van der Waals surface area contributed by atoms with Crippen LogP contribution in [0.4, 0.5) is 0 Å². The van der Waals surface area contributed by atoms with Crippen LogP contribution >= 0.6 is 0 Å². The normalized spacial score (nSPS) is 24.9. The third-order valence-electron chi connectivity index (χ3n) is 3.54. The Morgan fingerprint density at radius 2 is 2.20 bits per heavy atom. The van der Waals surface area contributed by atoms with Crippen LogP contribution in [0, 0.1) is 12.8 Å². The summed E-state index contributed by atoms with van der Waals surface area (Å²) in [5.74, 6) is 1.68. The zero-order valence-electron chi connectivity index (χ0n) is 9.79. The summed E-state index contributed by atoms with van der Waals surface area (Å²) in [5, 5.41) is 3.46. The molecule has 0 heterocycles. The molecule has 1 aliphatic carbocycles. The van der Waals surface area contributed by atoms with Crippen LogP contribution in [0.1, 0.15) is 36.8 Å². The summed E-state index contributed by atoms with van der Waals surface area (Å²) >= 11 is 0. The Bertz CT molecular complexity index is 319. The van der Waals surface area contributed by atoms with Gasteiger partial charge in [-0.2, -0.15) is 0 Å². The van der Waals surface area contributed by atoms with Gasteiger partial charge >= 0.3 is 0 Å². The van der Waals surface area contributed by atoms with Crippen molar-refractivity contribution in [2.45, 2.75) is 32.6 Å². The van der Waals surface area contributed by atoms with Crippen molar-refractivity contribution in [1.82, 2.24) is 5.32 Å². The van der Waals surface area contributed by atoms with Crippen molar-refractivity contribution in [2.24, 2.45) is 5.92 Å². The van der Waals surface area contributed by atoms with Gasteiger partial charge < -0.3 is 5.32 Å². The summed E-state index contributed by atoms with van der Waals surface area (Å²) in [6, 6.07) is 9.01. The average molecular weight is 203 g/mol. The number of nitrogens with one attached hydrogen (secondary N) is 1. The van der Waals surface area contributed by atoms with Crippen molar-refractivity contribution in [3.05, 3.63) is 35.4 Å². The lowest BCUT2D eigenvalue weighted by molar-refractivity contribution is 0.247. The zero-order valence-corrected chi connectivity index (χ0v) is 9.79. The predicted octanol–water partition coefficient (Wildman–Crippen LogP) is 3.10. The second kappa shape index (κ2) is 4.80. The fourth-order valence-electron chi connectivity index (χ4n) is 2.48. The molecular formula is C14H21N. The zero-order chi connectivity index (χ0) is 10.7. The average Bonchev–Trinajstić information content (AvgIpc) is 2.17. The molecule has 2 atom stereocenters. The molecular weight excluding hydrogens is 182 g/mol. The van der Waals surface area contributed by atoms with E-state index in [0.717, 1.165) is 18.4 Å². The molecule has 0 bridgehead atoms. The van der Waals surface area contributed by atoms with Crippen LogP contribution in [-0.2, 0) is 0 Å². The highest BCUT2D eigenvalue weighted by molar-refractivity contribution is 5.27. The van der Waals surface area contributed by atoms with Crippen molar-refractivity contribution >= 4 is 0 Å². The molecule has 0 amide bonds. The minimum atomic E-state index is 0.809. The van der Waals surface area contributed by atoms with Crippen LogP contribution in [0.2, 0.25) is 0 Å². The largest absolute Gasteiger partial charge is 0.317 e. The maximum absolute atomic E-state index is 3.46. The molecule has 1 fully saturated rings. The molecule has 0 radical (unpaired) electrons. The molecule has 2 rings (SSSR count). The summed E-state index contributed by atoms with van der Waals surface area (Å²) in [6.45, 7) is 6.65. The third-order valence-corrected chi connectivity index (χ3v) is 3.54. The van der Waals surface area contributed by atoms with Crippen LogP contribution in [0.5, 0.6) is 0 Å². The summed E-state index contributed by atoms with van der Waals surface area (Å²) in [4.78, 5) is 0. The van der Waals surface area contributed by atoms with Gasteiger partial charge in [-0.15, -0.1) is 0 Å². The molecule has 1 aromatic rings. The highest BCUT2D eigenvalue weighted by atomic mass is 14.9. The monoisotopic (exact) mass is 203 g/mol. The van der Waals surface area contributed by atoms with E-state index in [-0.39, 0.29) is 0 Å². The Kier molecular flexibility index (Phi) is 3.42. The summed E-state index contributed by atoms with van der Waals surface area (Å²) in [7, 11) is 0. The van der Waals surface area contributed by atoms with Gasteiger partial charge in [0, 0.05) is 0 Å². The maximum atomic E-state index is 3.46. The SMILES string of the molecule is CCNCC1CCC1c1cccc(C)c1. The van der Waals surface area contributed by atoms with Gasteiger partial charge in [0.2, 0.25) is 0 Å². The van der Waals surface area contributed by atoms with Gasteiger partial charge in [-0.1, -0.05) is 36.8 Å². The van der Waals surface area contributed by atoms with E-state index in [1.807, 2.05) is 0 Å². The lowest BCUT2D eigenvalue weighted by Gasteiger charge is -2.37. The second-order valence-electron chi connectivity index (χ2n) is 4.67. The van der Waals surface area contributed by atoms with E-state index in [2.05, 4.69) is 43.4 Å². The maximum Gasteiger partial charge on any atom is -0.00148 e. The first-order valence-corrected chi connectivity index (χ1v) is 6.08. The Hall–Kier alpha value is -0.820. The van der Waals surface area contributed by atoms with E-state index < -0.39 is 0 Å². The minimum absolute atomic E-state index is 0.809. The Morgan fingerprint density at radius 1 is 1.33 bits per heavy atom. The van der Waals surface area contributed by atoms with Gasteiger partial charge in [-0.3, -0.25) is 0 Å². The van der Waals surface area contributed by atoms with Gasteiger partial charge in [-0.05, 0) is 50.3 Å². The Morgan fingerprint density at radius 3 is 2.80 bits per heavy atom. The summed E-state index contributed by atoms with van der Waals surface area (Å²) < 4.78 is 0. The molecule has 1 aromatic carbocycles. The lowest BCUT2D eigenvalue weighted by Crippen LogP contribution is -2.33. The Balaban J connectivity index is 1.99.